The van der Waals surface area contributed by atoms with Crippen LogP contribution in [0.3, 0.4) is 0 Å². The van der Waals surface area contributed by atoms with Crippen molar-refractivity contribution in [2.24, 2.45) is 5.92 Å². The monoisotopic (exact) mass is 455 g/mol. The molecule has 2 aliphatic rings. The summed E-state index contributed by atoms with van der Waals surface area (Å²) in [6, 6.07) is 6.26. The molecule has 0 unspecified atom stereocenters. The number of fused-ring (bicyclic) bond motifs is 2. The van der Waals surface area contributed by atoms with E-state index in [2.05, 4.69) is 20.2 Å². The van der Waals surface area contributed by atoms with Gasteiger partial charge in [0.2, 0.25) is 0 Å². The average Bonchev–Trinajstić information content (AvgIpc) is 3.17. The smallest absolute Gasteiger partial charge is 0.251 e. The third-order valence-electron chi connectivity index (χ3n) is 6.13. The molecular formula is C23H26FN5O4. The van der Waals surface area contributed by atoms with Crippen LogP contribution in [0.15, 0.2) is 41.5 Å². The van der Waals surface area contributed by atoms with E-state index >= 15 is 0 Å². The number of aromatic nitrogens is 3. The molecule has 5 heterocycles. The average molecular weight is 455 g/mol. The van der Waals surface area contributed by atoms with Crippen molar-refractivity contribution in [2.45, 2.75) is 19.2 Å². The van der Waals surface area contributed by atoms with E-state index in [1.807, 2.05) is 6.07 Å². The summed E-state index contributed by atoms with van der Waals surface area (Å²) in [5.74, 6) is 0.956. The summed E-state index contributed by atoms with van der Waals surface area (Å²) < 4.78 is 26.3. The number of aliphatic hydroxyl groups excluding tert-OH is 1. The van der Waals surface area contributed by atoms with Crippen molar-refractivity contribution in [2.75, 3.05) is 39.4 Å². The van der Waals surface area contributed by atoms with Crippen molar-refractivity contribution in [1.82, 2.24) is 24.8 Å². The van der Waals surface area contributed by atoms with Gasteiger partial charge in [0.1, 0.15) is 19.0 Å². The Morgan fingerprint density at radius 3 is 2.82 bits per heavy atom. The Hall–Kier alpha value is -3.08. The topological polar surface area (TPSA) is 102 Å². The minimum atomic E-state index is -0.475. The number of pyridine rings is 3. The van der Waals surface area contributed by atoms with Gasteiger partial charge in [-0.25, -0.2) is 4.39 Å². The molecule has 2 aliphatic heterocycles. The van der Waals surface area contributed by atoms with E-state index in [4.69, 9.17) is 9.47 Å². The SMILES string of the molecule is O=c1ccc2ncc(F)cc2n1CCN1C[C@H](CNCc2cc3c(cn2)OCCO3)[C@H](O)C1. The number of aliphatic hydroxyl groups is 1. The normalized spacial score (nSPS) is 20.4. The Balaban J connectivity index is 1.15. The molecule has 1 saturated heterocycles. The lowest BCUT2D eigenvalue weighted by molar-refractivity contribution is 0.140. The minimum absolute atomic E-state index is 0.0607. The zero-order valence-electron chi connectivity index (χ0n) is 18.1. The predicted octanol–water partition coefficient (Wildman–Crippen LogP) is 0.784. The second-order valence-electron chi connectivity index (χ2n) is 8.42. The van der Waals surface area contributed by atoms with Gasteiger partial charge in [-0.3, -0.25) is 19.7 Å². The van der Waals surface area contributed by atoms with E-state index in [0.717, 1.165) is 11.9 Å². The first-order chi connectivity index (χ1) is 16.1. The lowest BCUT2D eigenvalue weighted by Gasteiger charge is -2.19. The van der Waals surface area contributed by atoms with E-state index in [9.17, 15) is 14.3 Å². The number of hydrogen-bond donors (Lipinski definition) is 2. The Morgan fingerprint density at radius 1 is 1.09 bits per heavy atom. The molecule has 5 rings (SSSR count). The Bertz CT molecular complexity index is 1200. The van der Waals surface area contributed by atoms with Crippen LogP contribution >= 0.6 is 0 Å². The van der Waals surface area contributed by atoms with Gasteiger partial charge in [0.15, 0.2) is 11.5 Å². The molecule has 0 radical (unpaired) electrons. The largest absolute Gasteiger partial charge is 0.486 e. The van der Waals surface area contributed by atoms with E-state index in [-0.39, 0.29) is 11.5 Å². The lowest BCUT2D eigenvalue weighted by atomic mass is 10.1. The number of ether oxygens (including phenoxy) is 2. The molecule has 0 spiro atoms. The molecule has 2 atom stereocenters. The molecule has 0 saturated carbocycles. The number of β-amino-alcohol motifs (C(OH)–C–C–N with tert-alkyl or cyclic N) is 1. The quantitative estimate of drug-likeness (QED) is 0.539. The number of rotatable bonds is 7. The highest BCUT2D eigenvalue weighted by Crippen LogP contribution is 2.29. The molecule has 0 aromatic carbocycles. The number of nitrogens with zero attached hydrogens (tertiary/aromatic N) is 4. The summed E-state index contributed by atoms with van der Waals surface area (Å²) in [6.45, 7) is 4.47. The van der Waals surface area contributed by atoms with Gasteiger partial charge in [0.25, 0.3) is 5.56 Å². The molecule has 2 N–H and O–H groups in total. The van der Waals surface area contributed by atoms with Crippen molar-refractivity contribution >= 4 is 11.0 Å². The standard InChI is InChI=1S/C23H26FN5O4/c24-16-7-19-18(27-10-16)1-2-23(31)29(19)4-3-28-13-15(20(30)14-28)9-25-11-17-8-21-22(12-26-17)33-6-5-32-21/h1-2,7-8,10,12,15,20,25,30H,3-6,9,11,13-14H2/t15-,20+/m0/s1. The molecule has 33 heavy (non-hydrogen) atoms. The van der Waals surface area contributed by atoms with Crippen LogP contribution in [0.2, 0.25) is 0 Å². The predicted molar refractivity (Wildman–Crippen MR) is 119 cm³/mol. The van der Waals surface area contributed by atoms with E-state index in [1.165, 1.54) is 16.7 Å². The van der Waals surface area contributed by atoms with Crippen molar-refractivity contribution in [3.8, 4) is 11.5 Å². The third kappa shape index (κ3) is 4.82. The van der Waals surface area contributed by atoms with E-state index in [1.54, 1.807) is 12.3 Å². The summed E-state index contributed by atoms with van der Waals surface area (Å²) in [5, 5.41) is 13.9. The summed E-state index contributed by atoms with van der Waals surface area (Å²) in [5.41, 5.74) is 1.71. The first-order valence-electron chi connectivity index (χ1n) is 11.1. The fourth-order valence-electron chi connectivity index (χ4n) is 4.41. The van der Waals surface area contributed by atoms with Gasteiger partial charge in [-0.05, 0) is 6.07 Å². The molecule has 3 aromatic heterocycles. The van der Waals surface area contributed by atoms with Gasteiger partial charge in [-0.2, -0.15) is 0 Å². The van der Waals surface area contributed by atoms with Crippen molar-refractivity contribution in [3.63, 3.8) is 0 Å². The Kier molecular flexibility index (Phi) is 6.21. The maximum atomic E-state index is 13.7. The Labute approximate surface area is 189 Å². The second-order valence-corrected chi connectivity index (χ2v) is 8.42. The maximum absolute atomic E-state index is 13.7. The highest BCUT2D eigenvalue weighted by Gasteiger charge is 2.30. The molecule has 10 heteroatoms. The molecule has 0 bridgehead atoms. The summed E-state index contributed by atoms with van der Waals surface area (Å²) in [7, 11) is 0. The van der Waals surface area contributed by atoms with Crippen LogP contribution in [0.1, 0.15) is 5.69 Å². The first-order valence-corrected chi connectivity index (χ1v) is 11.1. The number of likely N-dealkylation sites (tertiary alicyclic amines) is 1. The zero-order chi connectivity index (χ0) is 22.8. The number of halogens is 1. The summed E-state index contributed by atoms with van der Waals surface area (Å²) in [4.78, 5) is 22.9. The van der Waals surface area contributed by atoms with Crippen LogP contribution in [0.4, 0.5) is 4.39 Å². The fraction of sp³-hybridized carbons (Fsp3) is 0.435. The van der Waals surface area contributed by atoms with Crippen LogP contribution in [0.5, 0.6) is 11.5 Å². The number of hydrogen-bond acceptors (Lipinski definition) is 8. The molecular weight excluding hydrogens is 429 g/mol. The van der Waals surface area contributed by atoms with Crippen molar-refractivity contribution in [3.05, 3.63) is 58.5 Å². The molecule has 1 fully saturated rings. The fourth-order valence-corrected chi connectivity index (χ4v) is 4.41. The van der Waals surface area contributed by atoms with Crippen LogP contribution in [0, 0.1) is 11.7 Å². The molecule has 3 aromatic rings. The van der Waals surface area contributed by atoms with Crippen molar-refractivity contribution in [1.29, 1.82) is 0 Å². The highest BCUT2D eigenvalue weighted by atomic mass is 19.1. The Morgan fingerprint density at radius 2 is 1.94 bits per heavy atom. The van der Waals surface area contributed by atoms with E-state index < -0.39 is 11.9 Å². The number of nitrogens with one attached hydrogen (secondary N) is 1. The van der Waals surface area contributed by atoms with Gasteiger partial charge < -0.3 is 24.5 Å². The van der Waals surface area contributed by atoms with Gasteiger partial charge >= 0.3 is 0 Å². The van der Waals surface area contributed by atoms with Gasteiger partial charge in [-0.1, -0.05) is 0 Å². The highest BCUT2D eigenvalue weighted by molar-refractivity contribution is 5.74. The maximum Gasteiger partial charge on any atom is 0.251 e. The first kappa shape index (κ1) is 21.7. The zero-order valence-corrected chi connectivity index (χ0v) is 18.1. The molecule has 0 amide bonds. The second kappa shape index (κ2) is 9.42. The molecule has 0 aliphatic carbocycles. The van der Waals surface area contributed by atoms with Crippen LogP contribution in [0.25, 0.3) is 11.0 Å². The van der Waals surface area contributed by atoms with E-state index in [0.29, 0.717) is 75.0 Å². The molecule has 174 valence electrons. The van der Waals surface area contributed by atoms with Crippen LogP contribution < -0.4 is 20.3 Å². The minimum Gasteiger partial charge on any atom is -0.486 e. The third-order valence-corrected chi connectivity index (χ3v) is 6.13. The van der Waals surface area contributed by atoms with Gasteiger partial charge in [0, 0.05) is 63.4 Å². The summed E-state index contributed by atoms with van der Waals surface area (Å²) in [6.07, 6.45) is 2.36. The van der Waals surface area contributed by atoms with Crippen LogP contribution in [-0.2, 0) is 13.1 Å². The van der Waals surface area contributed by atoms with Crippen molar-refractivity contribution < 1.29 is 19.0 Å². The van der Waals surface area contributed by atoms with Gasteiger partial charge in [0.05, 0.1) is 35.2 Å². The molecule has 9 nitrogen and oxygen atoms in total. The van der Waals surface area contributed by atoms with Crippen LogP contribution in [-0.4, -0.2) is 70.0 Å². The lowest BCUT2D eigenvalue weighted by Crippen LogP contribution is -2.31. The summed E-state index contributed by atoms with van der Waals surface area (Å²) >= 11 is 0. The van der Waals surface area contributed by atoms with Gasteiger partial charge in [-0.15, -0.1) is 0 Å².